The maximum atomic E-state index is 12.8. The molecule has 8 heteroatoms. The molecule has 8 nitrogen and oxygen atoms in total. The Morgan fingerprint density at radius 2 is 1.69 bits per heavy atom. The molecule has 0 atom stereocenters. The third-order valence-corrected chi connectivity index (χ3v) is 5.36. The van der Waals surface area contributed by atoms with Crippen LogP contribution in [-0.2, 0) is 9.53 Å². The van der Waals surface area contributed by atoms with E-state index in [-0.39, 0.29) is 18.4 Å². The van der Waals surface area contributed by atoms with E-state index in [1.807, 2.05) is 4.90 Å². The fourth-order valence-electron chi connectivity index (χ4n) is 3.74. The third kappa shape index (κ3) is 5.93. The number of rotatable bonds is 5. The number of benzene rings is 1. The fraction of sp³-hybridized carbons (Fsp3) is 0.571. The van der Waals surface area contributed by atoms with Crippen LogP contribution in [0.2, 0.25) is 0 Å². The maximum absolute atomic E-state index is 12.8. The van der Waals surface area contributed by atoms with E-state index in [4.69, 9.17) is 4.74 Å². The van der Waals surface area contributed by atoms with Crippen LogP contribution in [0.4, 0.5) is 10.5 Å². The second kappa shape index (κ2) is 10.2. The van der Waals surface area contributed by atoms with Crippen molar-refractivity contribution in [1.29, 1.82) is 0 Å². The molecule has 0 spiro atoms. The molecule has 0 saturated carbocycles. The van der Waals surface area contributed by atoms with Gasteiger partial charge >= 0.3 is 6.09 Å². The van der Waals surface area contributed by atoms with Crippen LogP contribution >= 0.6 is 0 Å². The summed E-state index contributed by atoms with van der Waals surface area (Å²) in [6, 6.07) is 6.86. The molecule has 0 unspecified atom stereocenters. The summed E-state index contributed by atoms with van der Waals surface area (Å²) in [4.78, 5) is 42.7. The summed E-state index contributed by atoms with van der Waals surface area (Å²) in [5.41, 5.74) is 1.05. The van der Waals surface area contributed by atoms with Crippen molar-refractivity contribution in [2.45, 2.75) is 26.2 Å². The fourth-order valence-corrected chi connectivity index (χ4v) is 3.74. The first-order valence-corrected chi connectivity index (χ1v) is 10.4. The minimum atomic E-state index is -0.538. The summed E-state index contributed by atoms with van der Waals surface area (Å²) in [6.07, 6.45) is 2.86. The number of likely N-dealkylation sites (tertiary alicyclic amines) is 1. The first kappa shape index (κ1) is 21.1. The van der Waals surface area contributed by atoms with Crippen LogP contribution in [-0.4, -0.2) is 85.0 Å². The van der Waals surface area contributed by atoms with Crippen molar-refractivity contribution in [1.82, 2.24) is 14.7 Å². The van der Waals surface area contributed by atoms with Crippen molar-refractivity contribution in [2.24, 2.45) is 0 Å². The molecule has 2 heterocycles. The van der Waals surface area contributed by atoms with E-state index < -0.39 is 6.09 Å². The van der Waals surface area contributed by atoms with E-state index in [1.54, 1.807) is 36.1 Å². The monoisotopic (exact) mass is 402 g/mol. The molecule has 0 aromatic heterocycles. The Hall–Kier alpha value is -2.61. The summed E-state index contributed by atoms with van der Waals surface area (Å²) >= 11 is 0. The average Bonchev–Trinajstić information content (AvgIpc) is 2.75. The van der Waals surface area contributed by atoms with E-state index in [1.165, 1.54) is 6.42 Å². The number of carbonyl (C=O) groups excluding carboxylic acids is 3. The van der Waals surface area contributed by atoms with Crippen molar-refractivity contribution in [2.75, 3.05) is 57.7 Å². The lowest BCUT2D eigenvalue weighted by Crippen LogP contribution is -2.52. The van der Waals surface area contributed by atoms with Gasteiger partial charge in [-0.1, -0.05) is 6.07 Å². The Bertz CT molecular complexity index is 725. The van der Waals surface area contributed by atoms with E-state index >= 15 is 0 Å². The highest BCUT2D eigenvalue weighted by atomic mass is 16.5. The van der Waals surface area contributed by atoms with Gasteiger partial charge in [0.25, 0.3) is 5.91 Å². The number of nitrogens with zero attached hydrogens (tertiary/aromatic N) is 3. The Morgan fingerprint density at radius 1 is 0.966 bits per heavy atom. The number of carbonyl (C=O) groups is 3. The van der Waals surface area contributed by atoms with Crippen LogP contribution in [0.15, 0.2) is 24.3 Å². The molecule has 1 aromatic carbocycles. The van der Waals surface area contributed by atoms with Crippen LogP contribution < -0.4 is 5.32 Å². The number of anilines is 1. The van der Waals surface area contributed by atoms with Crippen LogP contribution in [0.5, 0.6) is 0 Å². The van der Waals surface area contributed by atoms with Gasteiger partial charge in [-0.05, 0) is 44.4 Å². The second-order valence-electron chi connectivity index (χ2n) is 7.44. The van der Waals surface area contributed by atoms with E-state index in [0.717, 1.165) is 25.9 Å². The molecule has 3 amide bonds. The zero-order valence-corrected chi connectivity index (χ0v) is 17.1. The van der Waals surface area contributed by atoms with Gasteiger partial charge in [-0.3, -0.25) is 19.8 Å². The van der Waals surface area contributed by atoms with Gasteiger partial charge in [-0.2, -0.15) is 0 Å². The zero-order chi connectivity index (χ0) is 20.6. The number of ether oxygens (including phenoxy) is 1. The maximum Gasteiger partial charge on any atom is 0.411 e. The average molecular weight is 402 g/mol. The largest absolute Gasteiger partial charge is 0.450 e. The minimum absolute atomic E-state index is 0.0699. The molecule has 2 saturated heterocycles. The lowest BCUT2D eigenvalue weighted by atomic mass is 10.1. The van der Waals surface area contributed by atoms with Gasteiger partial charge in [-0.25, -0.2) is 4.79 Å². The Morgan fingerprint density at radius 3 is 2.38 bits per heavy atom. The van der Waals surface area contributed by atoms with E-state index in [0.29, 0.717) is 44.0 Å². The van der Waals surface area contributed by atoms with E-state index in [9.17, 15) is 14.4 Å². The number of piperazine rings is 1. The standard InChI is InChI=1S/C21H30N4O4/c1-2-29-21(28)22-18-8-6-7-17(15-18)20(27)25-13-11-23(12-14-25)16-19(26)24-9-4-3-5-10-24/h6-8,15H,2-5,9-14,16H2,1H3,(H,22,28). The smallest absolute Gasteiger partial charge is 0.411 e. The number of nitrogens with one attached hydrogen (secondary N) is 1. The molecule has 0 radical (unpaired) electrons. The highest BCUT2D eigenvalue weighted by Crippen LogP contribution is 2.15. The van der Waals surface area contributed by atoms with Crippen LogP contribution in [0.3, 0.4) is 0 Å². The summed E-state index contributed by atoms with van der Waals surface area (Å²) in [5, 5.41) is 2.62. The van der Waals surface area contributed by atoms with Crippen LogP contribution in [0.1, 0.15) is 36.5 Å². The van der Waals surface area contributed by atoms with Gasteiger partial charge in [0.15, 0.2) is 0 Å². The van der Waals surface area contributed by atoms with Crippen molar-refractivity contribution in [3.8, 4) is 0 Å². The summed E-state index contributed by atoms with van der Waals surface area (Å²) < 4.78 is 4.87. The SMILES string of the molecule is CCOC(=O)Nc1cccc(C(=O)N2CCN(CC(=O)N3CCCCC3)CC2)c1. The Kier molecular flexibility index (Phi) is 7.46. The molecule has 0 aliphatic carbocycles. The van der Waals surface area contributed by atoms with Crippen molar-refractivity contribution in [3.63, 3.8) is 0 Å². The predicted octanol–water partition coefficient (Wildman–Crippen LogP) is 2.03. The molecule has 2 fully saturated rings. The van der Waals surface area contributed by atoms with Crippen molar-refractivity contribution < 1.29 is 19.1 Å². The molecule has 158 valence electrons. The summed E-state index contributed by atoms with van der Waals surface area (Å²) in [7, 11) is 0. The first-order valence-electron chi connectivity index (χ1n) is 10.4. The zero-order valence-electron chi connectivity index (χ0n) is 17.1. The van der Waals surface area contributed by atoms with Crippen molar-refractivity contribution in [3.05, 3.63) is 29.8 Å². The molecule has 3 rings (SSSR count). The molecule has 1 N–H and O–H groups in total. The lowest BCUT2D eigenvalue weighted by Gasteiger charge is -2.36. The lowest BCUT2D eigenvalue weighted by molar-refractivity contribution is -0.133. The highest BCUT2D eigenvalue weighted by Gasteiger charge is 2.25. The third-order valence-electron chi connectivity index (χ3n) is 5.36. The summed E-state index contributed by atoms with van der Waals surface area (Å²) in [6.45, 7) is 6.73. The molecule has 0 bridgehead atoms. The van der Waals surface area contributed by atoms with Gasteiger partial charge in [-0.15, -0.1) is 0 Å². The molecule has 1 aromatic rings. The van der Waals surface area contributed by atoms with Gasteiger partial charge < -0.3 is 14.5 Å². The van der Waals surface area contributed by atoms with Gasteiger partial charge in [0, 0.05) is 50.5 Å². The van der Waals surface area contributed by atoms with Crippen molar-refractivity contribution >= 4 is 23.6 Å². The molecule has 2 aliphatic heterocycles. The van der Waals surface area contributed by atoms with Gasteiger partial charge in [0.2, 0.25) is 5.91 Å². The van der Waals surface area contributed by atoms with Gasteiger partial charge in [0.1, 0.15) is 0 Å². The normalized spacial score (nSPS) is 17.7. The van der Waals surface area contributed by atoms with Crippen LogP contribution in [0, 0.1) is 0 Å². The first-order chi connectivity index (χ1) is 14.1. The summed E-state index contributed by atoms with van der Waals surface area (Å²) in [5.74, 6) is 0.127. The number of hydrogen-bond acceptors (Lipinski definition) is 5. The quantitative estimate of drug-likeness (QED) is 0.815. The van der Waals surface area contributed by atoms with Crippen LogP contribution in [0.25, 0.3) is 0 Å². The minimum Gasteiger partial charge on any atom is -0.450 e. The highest BCUT2D eigenvalue weighted by molar-refractivity contribution is 5.96. The Balaban J connectivity index is 1.49. The Labute approximate surface area is 171 Å². The topological polar surface area (TPSA) is 82.2 Å². The molecular weight excluding hydrogens is 372 g/mol. The molecular formula is C21H30N4O4. The predicted molar refractivity (Wildman–Crippen MR) is 110 cm³/mol. The number of piperidine rings is 1. The van der Waals surface area contributed by atoms with Gasteiger partial charge in [0.05, 0.1) is 13.2 Å². The number of hydrogen-bond donors (Lipinski definition) is 1. The molecule has 2 aliphatic rings. The number of amides is 3. The van der Waals surface area contributed by atoms with E-state index in [2.05, 4.69) is 10.2 Å². The second-order valence-corrected chi connectivity index (χ2v) is 7.44. The molecule has 29 heavy (non-hydrogen) atoms.